The van der Waals surface area contributed by atoms with Crippen molar-refractivity contribution in [3.63, 3.8) is 0 Å². The van der Waals surface area contributed by atoms with Crippen LogP contribution in [0.4, 0.5) is 0 Å². The molecule has 4 rings (SSSR count). The van der Waals surface area contributed by atoms with E-state index in [1.807, 2.05) is 36.4 Å². The van der Waals surface area contributed by atoms with E-state index in [9.17, 15) is 0 Å². The Morgan fingerprint density at radius 3 is 1.48 bits per heavy atom. The van der Waals surface area contributed by atoms with Crippen LogP contribution in [-0.2, 0) is 6.54 Å². The van der Waals surface area contributed by atoms with Crippen LogP contribution in [0.15, 0.2) is 119 Å². The normalized spacial score (nSPS) is 11.2. The predicted octanol–water partition coefficient (Wildman–Crippen LogP) is 6.67. The Morgan fingerprint density at radius 2 is 1.00 bits per heavy atom. The Bertz CT molecular complexity index is 1090. The number of hydrogen-bond donors (Lipinski definition) is 0. The Kier molecular flexibility index (Phi) is 5.73. The monoisotopic (exact) mass is 374 g/mol. The van der Waals surface area contributed by atoms with Crippen molar-refractivity contribution in [1.82, 2.24) is 0 Å². The van der Waals surface area contributed by atoms with Gasteiger partial charge in [0.05, 0.1) is 6.54 Å². The largest absolute Gasteiger partial charge is 0.261 e. The SMILES string of the molecule is C=NC(=NCc1ccc(-c2ccccc2)cc1)c1ccc(-c2ccccc2)cc1. The molecule has 0 radical (unpaired) electrons. The zero-order chi connectivity index (χ0) is 19.9. The third-order valence-corrected chi connectivity index (χ3v) is 4.87. The van der Waals surface area contributed by atoms with Crippen LogP contribution >= 0.6 is 0 Å². The second kappa shape index (κ2) is 8.94. The van der Waals surface area contributed by atoms with Gasteiger partial charge in [-0.1, -0.05) is 109 Å². The molecule has 0 saturated carbocycles. The number of hydrogen-bond acceptors (Lipinski definition) is 1. The molecule has 0 fully saturated rings. The molecule has 0 aliphatic carbocycles. The lowest BCUT2D eigenvalue weighted by atomic mass is 10.0. The number of rotatable bonds is 5. The van der Waals surface area contributed by atoms with Gasteiger partial charge in [0.1, 0.15) is 0 Å². The van der Waals surface area contributed by atoms with E-state index in [1.54, 1.807) is 0 Å². The molecule has 0 aliphatic heterocycles. The fourth-order valence-corrected chi connectivity index (χ4v) is 3.27. The second-order valence-corrected chi connectivity index (χ2v) is 6.80. The summed E-state index contributed by atoms with van der Waals surface area (Å²) in [6.07, 6.45) is 0. The van der Waals surface area contributed by atoms with E-state index in [0.717, 1.165) is 11.1 Å². The Labute approximate surface area is 171 Å². The zero-order valence-corrected chi connectivity index (χ0v) is 16.2. The molecule has 29 heavy (non-hydrogen) atoms. The molecule has 4 aromatic rings. The minimum Gasteiger partial charge on any atom is -0.261 e. The molecule has 0 N–H and O–H groups in total. The first-order valence-corrected chi connectivity index (χ1v) is 9.65. The van der Waals surface area contributed by atoms with E-state index < -0.39 is 0 Å². The summed E-state index contributed by atoms with van der Waals surface area (Å²) in [5, 5.41) is 0. The highest BCUT2D eigenvalue weighted by Gasteiger charge is 2.03. The van der Waals surface area contributed by atoms with Crippen LogP contribution in [0.2, 0.25) is 0 Å². The Balaban J connectivity index is 1.49. The average molecular weight is 374 g/mol. The standard InChI is InChI=1S/C27H22N2/c1-28-27(26-18-16-25(17-19-26)23-10-6-3-7-11-23)29-20-21-12-14-24(15-13-21)22-8-4-2-5-9-22/h2-19H,1,20H2. The number of benzene rings is 4. The van der Waals surface area contributed by atoms with Crippen molar-refractivity contribution >= 4 is 12.6 Å². The van der Waals surface area contributed by atoms with Crippen LogP contribution in [0.25, 0.3) is 22.3 Å². The van der Waals surface area contributed by atoms with Crippen molar-refractivity contribution in [2.24, 2.45) is 9.98 Å². The second-order valence-electron chi connectivity index (χ2n) is 6.80. The maximum Gasteiger partial charge on any atom is 0.154 e. The highest BCUT2D eigenvalue weighted by Crippen LogP contribution is 2.21. The zero-order valence-electron chi connectivity index (χ0n) is 16.2. The first-order valence-electron chi connectivity index (χ1n) is 9.65. The van der Waals surface area contributed by atoms with Gasteiger partial charge in [-0.25, -0.2) is 4.99 Å². The van der Waals surface area contributed by atoms with E-state index in [1.165, 1.54) is 22.3 Å². The number of nitrogens with zero attached hydrogens (tertiary/aromatic N) is 2. The van der Waals surface area contributed by atoms with Crippen molar-refractivity contribution in [3.05, 3.63) is 120 Å². The third kappa shape index (κ3) is 4.56. The minimum atomic E-state index is 0.573. The Hall–Kier alpha value is -3.78. The summed E-state index contributed by atoms with van der Waals surface area (Å²) in [4.78, 5) is 8.82. The van der Waals surface area contributed by atoms with Crippen molar-refractivity contribution in [3.8, 4) is 22.3 Å². The van der Waals surface area contributed by atoms with Gasteiger partial charge in [-0.2, -0.15) is 0 Å². The summed E-state index contributed by atoms with van der Waals surface area (Å²) in [7, 11) is 0. The Morgan fingerprint density at radius 1 is 0.552 bits per heavy atom. The minimum absolute atomic E-state index is 0.573. The van der Waals surface area contributed by atoms with Gasteiger partial charge in [0.25, 0.3) is 0 Å². The highest BCUT2D eigenvalue weighted by atomic mass is 14.9. The van der Waals surface area contributed by atoms with Crippen molar-refractivity contribution < 1.29 is 0 Å². The molecule has 0 aromatic heterocycles. The molecule has 0 atom stereocenters. The van der Waals surface area contributed by atoms with Crippen LogP contribution in [0, 0.1) is 0 Å². The van der Waals surface area contributed by atoms with E-state index in [-0.39, 0.29) is 0 Å². The van der Waals surface area contributed by atoms with Gasteiger partial charge in [0, 0.05) is 5.56 Å². The van der Waals surface area contributed by atoms with Crippen LogP contribution < -0.4 is 0 Å². The molecule has 0 unspecified atom stereocenters. The molecule has 4 aromatic carbocycles. The maximum atomic E-state index is 4.68. The molecule has 2 heteroatoms. The van der Waals surface area contributed by atoms with E-state index in [4.69, 9.17) is 0 Å². The first-order chi connectivity index (χ1) is 14.3. The average Bonchev–Trinajstić information content (AvgIpc) is 2.81. The van der Waals surface area contributed by atoms with Crippen LogP contribution in [0.5, 0.6) is 0 Å². The molecular formula is C27H22N2. The van der Waals surface area contributed by atoms with Gasteiger partial charge in [-0.3, -0.25) is 4.99 Å². The molecule has 0 heterocycles. The predicted molar refractivity (Wildman–Crippen MR) is 124 cm³/mol. The van der Waals surface area contributed by atoms with E-state index in [0.29, 0.717) is 12.4 Å². The van der Waals surface area contributed by atoms with E-state index in [2.05, 4.69) is 89.5 Å². The highest BCUT2D eigenvalue weighted by molar-refractivity contribution is 6.01. The molecule has 0 aliphatic rings. The van der Waals surface area contributed by atoms with Gasteiger partial charge in [0.15, 0.2) is 5.84 Å². The maximum absolute atomic E-state index is 4.68. The van der Waals surface area contributed by atoms with Gasteiger partial charge in [0.2, 0.25) is 0 Å². The van der Waals surface area contributed by atoms with E-state index >= 15 is 0 Å². The topological polar surface area (TPSA) is 24.7 Å². The molecule has 0 amide bonds. The van der Waals surface area contributed by atoms with Gasteiger partial charge >= 0.3 is 0 Å². The van der Waals surface area contributed by atoms with Gasteiger partial charge in [-0.05, 0) is 34.5 Å². The number of amidine groups is 1. The fraction of sp³-hybridized carbons (Fsp3) is 0.0370. The quantitative estimate of drug-likeness (QED) is 0.275. The fourth-order valence-electron chi connectivity index (χ4n) is 3.27. The molecule has 0 bridgehead atoms. The first kappa shape index (κ1) is 18.6. The lowest BCUT2D eigenvalue weighted by molar-refractivity contribution is 1.06. The van der Waals surface area contributed by atoms with Crippen molar-refractivity contribution in [1.29, 1.82) is 0 Å². The lowest BCUT2D eigenvalue weighted by Crippen LogP contribution is -1.98. The van der Waals surface area contributed by atoms with Gasteiger partial charge in [-0.15, -0.1) is 0 Å². The van der Waals surface area contributed by atoms with Gasteiger partial charge < -0.3 is 0 Å². The van der Waals surface area contributed by atoms with Crippen molar-refractivity contribution in [2.75, 3.05) is 0 Å². The summed E-state index contributed by atoms with van der Waals surface area (Å²) in [5.74, 6) is 0.664. The number of aliphatic imine (C=N–C) groups is 2. The smallest absolute Gasteiger partial charge is 0.154 e. The van der Waals surface area contributed by atoms with Crippen LogP contribution in [0.1, 0.15) is 11.1 Å². The third-order valence-electron chi connectivity index (χ3n) is 4.87. The molecule has 0 saturated heterocycles. The summed E-state index contributed by atoms with van der Waals surface area (Å²) < 4.78 is 0. The molecule has 2 nitrogen and oxygen atoms in total. The molecule has 140 valence electrons. The summed E-state index contributed by atoms with van der Waals surface area (Å²) in [5.41, 5.74) is 6.91. The lowest BCUT2D eigenvalue weighted by Gasteiger charge is -2.06. The summed E-state index contributed by atoms with van der Waals surface area (Å²) in [6.45, 7) is 4.28. The van der Waals surface area contributed by atoms with Crippen LogP contribution in [-0.4, -0.2) is 12.6 Å². The van der Waals surface area contributed by atoms with Crippen LogP contribution in [0.3, 0.4) is 0 Å². The summed E-state index contributed by atoms with van der Waals surface area (Å²) in [6, 6.07) is 37.5. The molecular weight excluding hydrogens is 352 g/mol. The summed E-state index contributed by atoms with van der Waals surface area (Å²) >= 11 is 0. The molecule has 0 spiro atoms. The van der Waals surface area contributed by atoms with Crippen molar-refractivity contribution in [2.45, 2.75) is 6.54 Å².